The lowest BCUT2D eigenvalue weighted by molar-refractivity contribution is -0.104. The van der Waals surface area contributed by atoms with Gasteiger partial charge >= 0.3 is 0 Å². The quantitative estimate of drug-likeness (QED) is 0.621. The maximum absolute atomic E-state index is 13.1. The van der Waals surface area contributed by atoms with E-state index in [2.05, 4.69) is 0 Å². The third kappa shape index (κ3) is 4.23. The van der Waals surface area contributed by atoms with Crippen molar-refractivity contribution in [2.45, 2.75) is 13.0 Å². The molecule has 0 saturated carbocycles. The molecule has 0 unspecified atom stereocenters. The minimum atomic E-state index is -0.304. The van der Waals surface area contributed by atoms with Crippen molar-refractivity contribution in [1.82, 2.24) is 4.57 Å². The summed E-state index contributed by atoms with van der Waals surface area (Å²) in [5.74, 6) is -0.545. The van der Waals surface area contributed by atoms with Gasteiger partial charge in [0.1, 0.15) is 17.9 Å². The number of allylic oxidation sites excluding steroid dienone is 1. The van der Waals surface area contributed by atoms with Gasteiger partial charge in [-0.05, 0) is 59.2 Å². The standard InChI is InChI=1S/C12H12FNO2.C10H7FO/c1-16-5-4-14-11(8-15)6-9-2-3-10(13)7-12(9)14;11-10-2-1-8-3-7(6-12)4-9(8)5-10/h2-3,6-8H,4-5H2,1H3;1-3,5-6H,4H2. The molecule has 4 rings (SSSR count). The SMILES string of the molecule is COCCn1c(C=O)cc2ccc(F)cc21.O=CC1=Cc2ccc(F)cc2C1. The second kappa shape index (κ2) is 8.71. The van der Waals surface area contributed by atoms with Gasteiger partial charge in [0.15, 0.2) is 6.29 Å². The summed E-state index contributed by atoms with van der Waals surface area (Å²) in [6.45, 7) is 1.03. The Morgan fingerprint density at radius 1 is 1.04 bits per heavy atom. The Morgan fingerprint density at radius 2 is 1.79 bits per heavy atom. The summed E-state index contributed by atoms with van der Waals surface area (Å²) >= 11 is 0. The molecule has 1 aliphatic rings. The molecule has 0 atom stereocenters. The highest BCUT2D eigenvalue weighted by atomic mass is 19.1. The molecule has 1 heterocycles. The van der Waals surface area contributed by atoms with E-state index in [-0.39, 0.29) is 11.6 Å². The lowest BCUT2D eigenvalue weighted by Gasteiger charge is -2.06. The number of methoxy groups -OCH3 is 1. The first-order chi connectivity index (χ1) is 13.5. The van der Waals surface area contributed by atoms with Gasteiger partial charge < -0.3 is 9.30 Å². The number of benzene rings is 2. The normalized spacial score (nSPS) is 12.2. The summed E-state index contributed by atoms with van der Waals surface area (Å²) in [6, 6.07) is 10.8. The second-order valence-corrected chi connectivity index (χ2v) is 6.39. The maximum Gasteiger partial charge on any atom is 0.166 e. The molecule has 3 aromatic rings. The fourth-order valence-corrected chi connectivity index (χ4v) is 3.19. The molecule has 0 N–H and O–H groups in total. The highest BCUT2D eigenvalue weighted by Crippen LogP contribution is 2.24. The summed E-state index contributed by atoms with van der Waals surface area (Å²) in [6.07, 6.45) is 3.95. The van der Waals surface area contributed by atoms with Gasteiger partial charge in [0.2, 0.25) is 0 Å². The monoisotopic (exact) mass is 383 g/mol. The number of ether oxygens (including phenoxy) is 1. The first-order valence-electron chi connectivity index (χ1n) is 8.72. The number of aldehydes is 2. The number of hydrogen-bond donors (Lipinski definition) is 0. The lowest BCUT2D eigenvalue weighted by Crippen LogP contribution is -2.07. The van der Waals surface area contributed by atoms with Crippen LogP contribution in [0.3, 0.4) is 0 Å². The van der Waals surface area contributed by atoms with Crippen LogP contribution in [0.1, 0.15) is 21.6 Å². The average Bonchev–Trinajstić information content (AvgIpc) is 3.26. The number of fused-ring (bicyclic) bond motifs is 2. The predicted molar refractivity (Wildman–Crippen MR) is 103 cm³/mol. The van der Waals surface area contributed by atoms with Crippen molar-refractivity contribution in [1.29, 1.82) is 0 Å². The Bertz CT molecular complexity index is 1050. The highest BCUT2D eigenvalue weighted by Gasteiger charge is 2.12. The van der Waals surface area contributed by atoms with E-state index in [1.165, 1.54) is 24.3 Å². The molecule has 2 aromatic carbocycles. The number of aromatic nitrogens is 1. The van der Waals surface area contributed by atoms with E-state index in [4.69, 9.17) is 4.74 Å². The van der Waals surface area contributed by atoms with E-state index < -0.39 is 0 Å². The van der Waals surface area contributed by atoms with Gasteiger partial charge in [0.05, 0.1) is 17.8 Å². The number of halogens is 2. The van der Waals surface area contributed by atoms with Crippen LogP contribution in [0, 0.1) is 11.6 Å². The minimum absolute atomic E-state index is 0.241. The van der Waals surface area contributed by atoms with Gasteiger partial charge in [0.25, 0.3) is 0 Å². The molecule has 0 aliphatic heterocycles. The topological polar surface area (TPSA) is 48.3 Å². The summed E-state index contributed by atoms with van der Waals surface area (Å²) < 4.78 is 32.5. The van der Waals surface area contributed by atoms with Gasteiger partial charge in [-0.2, -0.15) is 0 Å². The van der Waals surface area contributed by atoms with Crippen molar-refractivity contribution in [2.24, 2.45) is 0 Å². The van der Waals surface area contributed by atoms with E-state index in [1.54, 1.807) is 36.0 Å². The zero-order valence-corrected chi connectivity index (χ0v) is 15.3. The van der Waals surface area contributed by atoms with E-state index in [9.17, 15) is 18.4 Å². The molecule has 1 aliphatic carbocycles. The Balaban J connectivity index is 0.000000167. The molecule has 0 amide bonds. The fourth-order valence-electron chi connectivity index (χ4n) is 3.19. The van der Waals surface area contributed by atoms with E-state index >= 15 is 0 Å². The van der Waals surface area contributed by atoms with Crippen molar-refractivity contribution in [3.63, 3.8) is 0 Å². The van der Waals surface area contributed by atoms with Crippen LogP contribution in [0.2, 0.25) is 0 Å². The van der Waals surface area contributed by atoms with Crippen molar-refractivity contribution in [3.05, 3.63) is 76.5 Å². The molecule has 1 aromatic heterocycles. The van der Waals surface area contributed by atoms with Crippen molar-refractivity contribution < 1.29 is 23.1 Å². The smallest absolute Gasteiger partial charge is 0.166 e. The number of rotatable bonds is 5. The van der Waals surface area contributed by atoms with Crippen molar-refractivity contribution in [3.8, 4) is 0 Å². The summed E-state index contributed by atoms with van der Waals surface area (Å²) in [7, 11) is 1.59. The molecular formula is C22H19F2NO3. The van der Waals surface area contributed by atoms with E-state index in [0.29, 0.717) is 25.3 Å². The molecule has 0 radical (unpaired) electrons. The second-order valence-electron chi connectivity index (χ2n) is 6.39. The van der Waals surface area contributed by atoms with Crippen LogP contribution in [0.15, 0.2) is 48.0 Å². The molecule has 6 heteroatoms. The highest BCUT2D eigenvalue weighted by molar-refractivity contribution is 5.89. The third-order valence-corrected chi connectivity index (χ3v) is 4.53. The summed E-state index contributed by atoms with van der Waals surface area (Å²) in [4.78, 5) is 21.3. The molecule has 0 bridgehead atoms. The first-order valence-corrected chi connectivity index (χ1v) is 8.72. The number of nitrogens with zero attached hydrogens (tertiary/aromatic N) is 1. The van der Waals surface area contributed by atoms with Crippen LogP contribution >= 0.6 is 0 Å². The average molecular weight is 383 g/mol. The van der Waals surface area contributed by atoms with Crippen molar-refractivity contribution >= 4 is 29.6 Å². The van der Waals surface area contributed by atoms with Crippen LogP contribution in [-0.4, -0.2) is 30.9 Å². The lowest BCUT2D eigenvalue weighted by atomic mass is 10.1. The number of carbonyl (C=O) groups is 2. The Hall–Kier alpha value is -3.12. The molecule has 4 nitrogen and oxygen atoms in total. The molecule has 0 fully saturated rings. The van der Waals surface area contributed by atoms with Crippen molar-refractivity contribution in [2.75, 3.05) is 13.7 Å². The molecule has 0 spiro atoms. The van der Waals surface area contributed by atoms with Gasteiger partial charge in [-0.15, -0.1) is 0 Å². The first kappa shape index (κ1) is 19.6. The Kier molecular flexibility index (Phi) is 6.11. The third-order valence-electron chi connectivity index (χ3n) is 4.53. The number of hydrogen-bond acceptors (Lipinski definition) is 3. The van der Waals surface area contributed by atoms with Gasteiger partial charge in [0, 0.05) is 25.5 Å². The Labute approximate surface area is 161 Å². The van der Waals surface area contributed by atoms with Crippen LogP contribution in [0.25, 0.3) is 17.0 Å². The minimum Gasteiger partial charge on any atom is -0.383 e. The largest absolute Gasteiger partial charge is 0.383 e. The zero-order valence-electron chi connectivity index (χ0n) is 15.3. The molecule has 28 heavy (non-hydrogen) atoms. The van der Waals surface area contributed by atoms with Gasteiger partial charge in [-0.3, -0.25) is 9.59 Å². The summed E-state index contributed by atoms with van der Waals surface area (Å²) in [5, 5.41) is 0.861. The predicted octanol–water partition coefficient (Wildman–Crippen LogP) is 4.20. The van der Waals surface area contributed by atoms with Gasteiger partial charge in [-0.1, -0.05) is 6.07 Å². The van der Waals surface area contributed by atoms with Crippen LogP contribution in [0.4, 0.5) is 8.78 Å². The summed E-state index contributed by atoms with van der Waals surface area (Å²) in [5.41, 5.74) is 3.84. The molecule has 144 valence electrons. The maximum atomic E-state index is 13.1. The number of carbonyl (C=O) groups excluding carboxylic acids is 2. The van der Waals surface area contributed by atoms with Crippen LogP contribution in [0.5, 0.6) is 0 Å². The van der Waals surface area contributed by atoms with Crippen LogP contribution in [-0.2, 0) is 22.5 Å². The van der Waals surface area contributed by atoms with E-state index in [0.717, 1.165) is 40.2 Å². The van der Waals surface area contributed by atoms with E-state index in [1.807, 2.05) is 0 Å². The zero-order chi connectivity index (χ0) is 20.1. The van der Waals surface area contributed by atoms with Crippen LogP contribution < -0.4 is 0 Å². The molecule has 0 saturated heterocycles. The molecular weight excluding hydrogens is 364 g/mol. The van der Waals surface area contributed by atoms with Gasteiger partial charge in [-0.25, -0.2) is 8.78 Å². The fraction of sp³-hybridized carbons (Fsp3) is 0.182. The Morgan fingerprint density at radius 3 is 2.50 bits per heavy atom.